The van der Waals surface area contributed by atoms with Gasteiger partial charge in [-0.3, -0.25) is 9.10 Å². The lowest BCUT2D eigenvalue weighted by Crippen LogP contribution is -2.30. The molecule has 0 bridgehead atoms. The van der Waals surface area contributed by atoms with Gasteiger partial charge in [0.05, 0.1) is 24.2 Å². The molecule has 0 fully saturated rings. The number of carbonyl (C=O) groups is 1. The summed E-state index contributed by atoms with van der Waals surface area (Å²) in [4.78, 5) is 12.4. The van der Waals surface area contributed by atoms with Gasteiger partial charge in [-0.25, -0.2) is 8.42 Å². The zero-order valence-electron chi connectivity index (χ0n) is 18.6. The highest BCUT2D eigenvalue weighted by Gasteiger charge is 2.22. The molecule has 2 aromatic carbocycles. The molecule has 0 spiro atoms. The standard InChI is InChI=1S/C22H27N5O3S2/c1-5-26-20(14-27(32(4,29)30)18-12-10-16(2)11-13-18)24-25-22(26)31-15-21(28)23-19-9-7-6-8-17(19)3/h6-13H,5,14-15H2,1-4H3,(H,23,28). The fraction of sp³-hybridized carbons (Fsp3) is 0.318. The molecule has 1 heterocycles. The summed E-state index contributed by atoms with van der Waals surface area (Å²) >= 11 is 1.27. The molecule has 3 rings (SSSR count). The second kappa shape index (κ2) is 10.2. The molecule has 1 aromatic heterocycles. The Morgan fingerprint density at radius 2 is 1.78 bits per heavy atom. The molecule has 3 aromatic rings. The maximum Gasteiger partial charge on any atom is 0.234 e. The van der Waals surface area contributed by atoms with Crippen LogP contribution in [-0.2, 0) is 27.9 Å². The van der Waals surface area contributed by atoms with Crippen LogP contribution >= 0.6 is 11.8 Å². The maximum absolute atomic E-state index is 12.5. The first kappa shape index (κ1) is 23.8. The van der Waals surface area contributed by atoms with Gasteiger partial charge in [0, 0.05) is 12.2 Å². The number of sulfonamides is 1. The Morgan fingerprint density at radius 3 is 2.41 bits per heavy atom. The second-order valence-corrected chi connectivity index (χ2v) is 10.2. The number of para-hydroxylation sites is 1. The van der Waals surface area contributed by atoms with E-state index in [1.807, 2.05) is 61.7 Å². The summed E-state index contributed by atoms with van der Waals surface area (Å²) in [6, 6.07) is 14.9. The van der Waals surface area contributed by atoms with E-state index in [9.17, 15) is 13.2 Å². The third-order valence-corrected chi connectivity index (χ3v) is 6.98. The van der Waals surface area contributed by atoms with E-state index in [1.165, 1.54) is 22.3 Å². The van der Waals surface area contributed by atoms with Crippen molar-refractivity contribution in [3.63, 3.8) is 0 Å². The zero-order valence-corrected chi connectivity index (χ0v) is 20.2. The minimum absolute atomic E-state index is 0.0543. The Bertz CT molecular complexity index is 1190. The summed E-state index contributed by atoms with van der Waals surface area (Å²) in [5.74, 6) is 0.537. The number of aromatic nitrogens is 3. The van der Waals surface area contributed by atoms with Crippen LogP contribution in [0.4, 0.5) is 11.4 Å². The SMILES string of the molecule is CCn1c(CN(c2ccc(C)cc2)S(C)(=O)=O)nnc1SCC(=O)Nc1ccccc1C. The summed E-state index contributed by atoms with van der Waals surface area (Å²) in [7, 11) is -3.53. The van der Waals surface area contributed by atoms with Crippen molar-refractivity contribution in [2.24, 2.45) is 0 Å². The van der Waals surface area contributed by atoms with Crippen molar-refractivity contribution in [2.75, 3.05) is 21.6 Å². The largest absolute Gasteiger partial charge is 0.325 e. The highest BCUT2D eigenvalue weighted by atomic mass is 32.2. The van der Waals surface area contributed by atoms with Gasteiger partial charge >= 0.3 is 0 Å². The van der Waals surface area contributed by atoms with Gasteiger partial charge in [-0.05, 0) is 44.5 Å². The van der Waals surface area contributed by atoms with Crippen LogP contribution in [0.25, 0.3) is 0 Å². The normalized spacial score (nSPS) is 11.4. The molecule has 1 amide bonds. The maximum atomic E-state index is 12.5. The molecule has 0 saturated carbocycles. The van der Waals surface area contributed by atoms with E-state index in [-0.39, 0.29) is 18.2 Å². The van der Waals surface area contributed by atoms with Crippen LogP contribution in [-0.4, -0.2) is 41.1 Å². The van der Waals surface area contributed by atoms with E-state index >= 15 is 0 Å². The van der Waals surface area contributed by atoms with Gasteiger partial charge in [-0.2, -0.15) is 0 Å². The summed E-state index contributed by atoms with van der Waals surface area (Å²) in [5, 5.41) is 11.9. The smallest absolute Gasteiger partial charge is 0.234 e. The molecule has 8 nitrogen and oxygen atoms in total. The second-order valence-electron chi connectivity index (χ2n) is 7.40. The monoisotopic (exact) mass is 473 g/mol. The minimum Gasteiger partial charge on any atom is -0.325 e. The summed E-state index contributed by atoms with van der Waals surface area (Å²) in [6.07, 6.45) is 1.17. The molecule has 1 N–H and O–H groups in total. The first-order valence-electron chi connectivity index (χ1n) is 10.1. The Kier molecular flexibility index (Phi) is 7.57. The zero-order chi connectivity index (χ0) is 23.3. The number of anilines is 2. The number of amides is 1. The minimum atomic E-state index is -3.53. The van der Waals surface area contributed by atoms with E-state index in [2.05, 4.69) is 15.5 Å². The highest BCUT2D eigenvalue weighted by Crippen LogP contribution is 2.23. The topological polar surface area (TPSA) is 97.2 Å². The van der Waals surface area contributed by atoms with Crippen molar-refractivity contribution in [1.29, 1.82) is 0 Å². The van der Waals surface area contributed by atoms with E-state index in [0.717, 1.165) is 16.8 Å². The van der Waals surface area contributed by atoms with Gasteiger partial charge in [-0.1, -0.05) is 47.7 Å². The van der Waals surface area contributed by atoms with Crippen LogP contribution in [0.1, 0.15) is 23.9 Å². The molecule has 0 aliphatic heterocycles. The predicted molar refractivity (Wildman–Crippen MR) is 128 cm³/mol. The molecule has 10 heteroatoms. The molecule has 170 valence electrons. The van der Waals surface area contributed by atoms with Crippen molar-refractivity contribution in [3.8, 4) is 0 Å². The molecular formula is C22H27N5O3S2. The van der Waals surface area contributed by atoms with Gasteiger partial charge in [0.15, 0.2) is 11.0 Å². The quantitative estimate of drug-likeness (QED) is 0.477. The Morgan fingerprint density at radius 1 is 1.09 bits per heavy atom. The average molecular weight is 474 g/mol. The van der Waals surface area contributed by atoms with Crippen LogP contribution < -0.4 is 9.62 Å². The van der Waals surface area contributed by atoms with Crippen molar-refractivity contribution in [2.45, 2.75) is 39.0 Å². The van der Waals surface area contributed by atoms with Crippen molar-refractivity contribution in [3.05, 3.63) is 65.5 Å². The van der Waals surface area contributed by atoms with E-state index in [0.29, 0.717) is 23.2 Å². The Balaban J connectivity index is 1.74. The van der Waals surface area contributed by atoms with Gasteiger partial charge in [0.2, 0.25) is 15.9 Å². The fourth-order valence-electron chi connectivity index (χ4n) is 3.13. The molecule has 0 radical (unpaired) electrons. The number of benzene rings is 2. The van der Waals surface area contributed by atoms with Crippen LogP contribution in [0.2, 0.25) is 0 Å². The molecule has 0 aliphatic rings. The number of rotatable bonds is 9. The molecule has 32 heavy (non-hydrogen) atoms. The summed E-state index contributed by atoms with van der Waals surface area (Å²) in [6.45, 7) is 6.42. The van der Waals surface area contributed by atoms with Gasteiger partial charge in [0.1, 0.15) is 0 Å². The molecule has 0 aliphatic carbocycles. The van der Waals surface area contributed by atoms with Crippen LogP contribution in [0.5, 0.6) is 0 Å². The third-order valence-electron chi connectivity index (χ3n) is 4.87. The predicted octanol–water partition coefficient (Wildman–Crippen LogP) is 3.61. The van der Waals surface area contributed by atoms with Gasteiger partial charge in [-0.15, -0.1) is 10.2 Å². The van der Waals surface area contributed by atoms with Crippen LogP contribution in [0.15, 0.2) is 53.7 Å². The number of hydrogen-bond donors (Lipinski definition) is 1. The third kappa shape index (κ3) is 5.89. The number of thioether (sulfide) groups is 1. The van der Waals surface area contributed by atoms with Gasteiger partial charge < -0.3 is 9.88 Å². The first-order valence-corrected chi connectivity index (χ1v) is 13.0. The van der Waals surface area contributed by atoms with Crippen LogP contribution in [0.3, 0.4) is 0 Å². The van der Waals surface area contributed by atoms with Crippen LogP contribution in [0, 0.1) is 13.8 Å². The fourth-order valence-corrected chi connectivity index (χ4v) is 4.81. The lowest BCUT2D eigenvalue weighted by atomic mass is 10.2. The van der Waals surface area contributed by atoms with E-state index in [4.69, 9.17) is 0 Å². The molecule has 0 atom stereocenters. The first-order chi connectivity index (χ1) is 15.2. The highest BCUT2D eigenvalue weighted by molar-refractivity contribution is 7.99. The average Bonchev–Trinajstić information content (AvgIpc) is 3.14. The molecule has 0 saturated heterocycles. The number of nitrogens with zero attached hydrogens (tertiary/aromatic N) is 4. The van der Waals surface area contributed by atoms with Crippen molar-refractivity contribution in [1.82, 2.24) is 14.8 Å². The Hall–Kier alpha value is -2.85. The number of carbonyl (C=O) groups excluding carboxylic acids is 1. The number of aryl methyl sites for hydroxylation is 2. The van der Waals surface area contributed by atoms with Crippen molar-refractivity contribution < 1.29 is 13.2 Å². The van der Waals surface area contributed by atoms with Crippen molar-refractivity contribution >= 4 is 39.1 Å². The van der Waals surface area contributed by atoms with E-state index in [1.54, 1.807) is 12.1 Å². The molecule has 0 unspecified atom stereocenters. The lowest BCUT2D eigenvalue weighted by Gasteiger charge is -2.22. The van der Waals surface area contributed by atoms with E-state index < -0.39 is 10.0 Å². The number of nitrogens with one attached hydrogen (secondary N) is 1. The number of hydrogen-bond acceptors (Lipinski definition) is 6. The lowest BCUT2D eigenvalue weighted by molar-refractivity contribution is -0.113. The molecular weight excluding hydrogens is 446 g/mol. The summed E-state index contributed by atoms with van der Waals surface area (Å²) in [5.41, 5.74) is 3.37. The Labute approximate surface area is 193 Å². The van der Waals surface area contributed by atoms with Gasteiger partial charge in [0.25, 0.3) is 0 Å². The summed E-state index contributed by atoms with van der Waals surface area (Å²) < 4.78 is 28.0.